The minimum atomic E-state index is 0.736. The normalized spacial score (nSPS) is 12.7. The van der Waals surface area contributed by atoms with Gasteiger partial charge in [-0.3, -0.25) is 0 Å². The molecule has 2 aromatic heterocycles. The number of aryl methyl sites for hydroxylation is 1. The van der Waals surface area contributed by atoms with Crippen LogP contribution in [0.2, 0.25) is 5.02 Å². The molecule has 3 heterocycles. The molecule has 0 spiro atoms. The summed E-state index contributed by atoms with van der Waals surface area (Å²) in [5.74, 6) is 0.986. The van der Waals surface area contributed by atoms with Crippen LogP contribution in [-0.2, 0) is 13.0 Å². The number of rotatable bonds is 2. The van der Waals surface area contributed by atoms with Crippen molar-refractivity contribution in [3.05, 3.63) is 89.4 Å². The summed E-state index contributed by atoms with van der Waals surface area (Å²) < 4.78 is 2.35. The lowest BCUT2D eigenvalue weighted by Crippen LogP contribution is -2.11. The number of fused-ring (bicyclic) bond motifs is 5. The first-order chi connectivity index (χ1) is 14.3. The number of nitrogens with one attached hydrogen (secondary N) is 1. The van der Waals surface area contributed by atoms with Gasteiger partial charge in [0, 0.05) is 33.6 Å². The minimum absolute atomic E-state index is 0.736. The molecular weight excluding hydrogens is 378 g/mol. The number of H-pyrrole nitrogens is 1. The summed E-state index contributed by atoms with van der Waals surface area (Å²) in [4.78, 5) is 8.81. The molecule has 0 radical (unpaired) electrons. The molecule has 0 unspecified atom stereocenters. The van der Waals surface area contributed by atoms with Gasteiger partial charge in [0.25, 0.3) is 0 Å². The van der Waals surface area contributed by atoms with E-state index in [2.05, 4.69) is 58.1 Å². The van der Waals surface area contributed by atoms with Crippen molar-refractivity contribution in [2.24, 2.45) is 0 Å². The number of benzene rings is 3. The molecule has 0 aliphatic carbocycles. The fraction of sp³-hybridized carbons (Fsp3) is 0.0800. The number of aromatic amines is 1. The lowest BCUT2D eigenvalue weighted by Gasteiger charge is -2.19. The maximum atomic E-state index is 6.12. The lowest BCUT2D eigenvalue weighted by molar-refractivity contribution is 0.693. The quantitative estimate of drug-likeness (QED) is 0.360. The van der Waals surface area contributed by atoms with Crippen molar-refractivity contribution < 1.29 is 0 Å². The van der Waals surface area contributed by atoms with Gasteiger partial charge in [-0.15, -0.1) is 0 Å². The zero-order chi connectivity index (χ0) is 19.4. The van der Waals surface area contributed by atoms with Crippen molar-refractivity contribution >= 4 is 22.5 Å². The Bertz CT molecular complexity index is 1340. The zero-order valence-electron chi connectivity index (χ0n) is 15.7. The van der Waals surface area contributed by atoms with Crippen molar-refractivity contribution in [3.63, 3.8) is 0 Å². The zero-order valence-corrected chi connectivity index (χ0v) is 16.4. The highest BCUT2D eigenvalue weighted by atomic mass is 35.5. The van der Waals surface area contributed by atoms with Crippen LogP contribution in [0, 0.1) is 0 Å². The summed E-state index contributed by atoms with van der Waals surface area (Å²) in [5.41, 5.74) is 8.14. The van der Waals surface area contributed by atoms with Gasteiger partial charge in [-0.05, 0) is 42.3 Å². The van der Waals surface area contributed by atoms with Crippen molar-refractivity contribution in [2.45, 2.75) is 13.0 Å². The molecular formula is C25H18ClN3. The van der Waals surface area contributed by atoms with Crippen molar-refractivity contribution in [3.8, 4) is 34.0 Å². The first kappa shape index (κ1) is 16.6. The van der Waals surface area contributed by atoms with E-state index in [1.54, 1.807) is 0 Å². The van der Waals surface area contributed by atoms with Crippen LogP contribution in [-0.4, -0.2) is 14.5 Å². The molecule has 0 bridgehead atoms. The average Bonchev–Trinajstić information content (AvgIpc) is 3.33. The number of hydrogen-bond donors (Lipinski definition) is 1. The van der Waals surface area contributed by atoms with Crippen molar-refractivity contribution in [1.82, 2.24) is 14.5 Å². The fourth-order valence-corrected chi connectivity index (χ4v) is 4.55. The Morgan fingerprint density at radius 1 is 0.828 bits per heavy atom. The van der Waals surface area contributed by atoms with Gasteiger partial charge in [-0.2, -0.15) is 0 Å². The predicted octanol–water partition coefficient (Wildman–Crippen LogP) is 6.57. The van der Waals surface area contributed by atoms with E-state index >= 15 is 0 Å². The SMILES string of the molecule is Clc1ccc(-c2nc(-c3ccccc3)c3n2CCc2c-3[nH]c3ccccc23)cc1. The van der Waals surface area contributed by atoms with E-state index in [1.165, 1.54) is 27.9 Å². The second-order valence-corrected chi connectivity index (χ2v) is 7.87. The molecule has 0 atom stereocenters. The van der Waals surface area contributed by atoms with E-state index in [0.717, 1.165) is 40.6 Å². The molecule has 1 aliphatic heterocycles. The molecule has 0 saturated heterocycles. The van der Waals surface area contributed by atoms with Crippen LogP contribution in [0.3, 0.4) is 0 Å². The molecule has 0 amide bonds. The van der Waals surface area contributed by atoms with Crippen LogP contribution in [0.15, 0.2) is 78.9 Å². The number of halogens is 1. The van der Waals surface area contributed by atoms with E-state index in [9.17, 15) is 0 Å². The van der Waals surface area contributed by atoms with Gasteiger partial charge in [0.1, 0.15) is 5.82 Å². The standard InChI is InChI=1S/C25H18ClN3/c26-18-12-10-17(11-13-18)25-28-22(16-6-2-1-3-7-16)24-23-20(14-15-29(24)25)19-8-4-5-9-21(19)27-23/h1-13,27H,14-15H2. The second kappa shape index (κ2) is 6.36. The number of hydrogen-bond acceptors (Lipinski definition) is 1. The highest BCUT2D eigenvalue weighted by Crippen LogP contribution is 2.42. The fourth-order valence-electron chi connectivity index (χ4n) is 4.43. The summed E-state index contributed by atoms with van der Waals surface area (Å²) in [7, 11) is 0. The molecule has 3 aromatic carbocycles. The van der Waals surface area contributed by atoms with E-state index in [0.29, 0.717) is 0 Å². The Hall–Kier alpha value is -3.30. The van der Waals surface area contributed by atoms with Gasteiger partial charge in [0.15, 0.2) is 0 Å². The molecule has 1 aliphatic rings. The molecule has 140 valence electrons. The molecule has 29 heavy (non-hydrogen) atoms. The first-order valence-corrected chi connectivity index (χ1v) is 10.2. The van der Waals surface area contributed by atoms with E-state index in [4.69, 9.17) is 16.6 Å². The Morgan fingerprint density at radius 2 is 1.59 bits per heavy atom. The summed E-state index contributed by atoms with van der Waals surface area (Å²) in [6.07, 6.45) is 0.984. The van der Waals surface area contributed by atoms with Gasteiger partial charge in [-0.25, -0.2) is 4.98 Å². The maximum absolute atomic E-state index is 6.12. The third-order valence-corrected chi connectivity index (χ3v) is 6.01. The minimum Gasteiger partial charge on any atom is -0.353 e. The van der Waals surface area contributed by atoms with Crippen LogP contribution in [0.4, 0.5) is 0 Å². The van der Waals surface area contributed by atoms with E-state index in [-0.39, 0.29) is 0 Å². The number of aromatic nitrogens is 3. The van der Waals surface area contributed by atoms with Gasteiger partial charge in [-0.1, -0.05) is 60.1 Å². The Balaban J connectivity index is 1.66. The van der Waals surface area contributed by atoms with Gasteiger partial charge >= 0.3 is 0 Å². The first-order valence-electron chi connectivity index (χ1n) is 9.81. The Morgan fingerprint density at radius 3 is 2.41 bits per heavy atom. The number of nitrogens with zero attached hydrogens (tertiary/aromatic N) is 2. The van der Waals surface area contributed by atoms with E-state index < -0.39 is 0 Å². The molecule has 4 heteroatoms. The Labute approximate surface area is 173 Å². The summed E-state index contributed by atoms with van der Waals surface area (Å²) in [6.45, 7) is 0.905. The number of para-hydroxylation sites is 1. The van der Waals surface area contributed by atoms with Gasteiger partial charge in [0.2, 0.25) is 0 Å². The predicted molar refractivity (Wildman–Crippen MR) is 119 cm³/mol. The van der Waals surface area contributed by atoms with Crippen molar-refractivity contribution in [2.75, 3.05) is 0 Å². The van der Waals surface area contributed by atoms with Crippen LogP contribution in [0.25, 0.3) is 44.9 Å². The number of imidazole rings is 1. The highest BCUT2D eigenvalue weighted by molar-refractivity contribution is 6.30. The van der Waals surface area contributed by atoms with Gasteiger partial charge < -0.3 is 9.55 Å². The van der Waals surface area contributed by atoms with Crippen LogP contribution >= 0.6 is 11.6 Å². The largest absolute Gasteiger partial charge is 0.353 e. The topological polar surface area (TPSA) is 33.6 Å². The maximum Gasteiger partial charge on any atom is 0.141 e. The van der Waals surface area contributed by atoms with E-state index in [1.807, 2.05) is 30.3 Å². The van der Waals surface area contributed by atoms with Crippen LogP contribution < -0.4 is 0 Å². The highest BCUT2D eigenvalue weighted by Gasteiger charge is 2.28. The molecule has 5 aromatic rings. The molecule has 1 N–H and O–H groups in total. The third kappa shape index (κ3) is 2.55. The summed E-state index contributed by atoms with van der Waals surface area (Å²) >= 11 is 6.12. The van der Waals surface area contributed by atoms with Crippen LogP contribution in [0.1, 0.15) is 5.56 Å². The monoisotopic (exact) mass is 395 g/mol. The average molecular weight is 396 g/mol. The second-order valence-electron chi connectivity index (χ2n) is 7.43. The third-order valence-electron chi connectivity index (χ3n) is 5.75. The Kier molecular flexibility index (Phi) is 3.65. The van der Waals surface area contributed by atoms with Crippen LogP contribution in [0.5, 0.6) is 0 Å². The molecule has 3 nitrogen and oxygen atoms in total. The van der Waals surface area contributed by atoms with Gasteiger partial charge in [0.05, 0.1) is 17.1 Å². The van der Waals surface area contributed by atoms with Crippen molar-refractivity contribution in [1.29, 1.82) is 0 Å². The molecule has 0 fully saturated rings. The molecule has 6 rings (SSSR count). The molecule has 0 saturated carbocycles. The lowest BCUT2D eigenvalue weighted by atomic mass is 9.99. The summed E-state index contributed by atoms with van der Waals surface area (Å²) in [5, 5.41) is 2.04. The summed E-state index contributed by atoms with van der Waals surface area (Å²) in [6, 6.07) is 26.9. The smallest absolute Gasteiger partial charge is 0.141 e.